The van der Waals surface area contributed by atoms with Gasteiger partial charge in [-0.25, -0.2) is 4.79 Å². The lowest BCUT2D eigenvalue weighted by molar-refractivity contribution is -0.142. The van der Waals surface area contributed by atoms with E-state index in [0.717, 1.165) is 6.42 Å². The van der Waals surface area contributed by atoms with Crippen molar-refractivity contribution in [2.45, 2.75) is 32.6 Å². The molecule has 1 amide bonds. The lowest BCUT2D eigenvalue weighted by Gasteiger charge is -2.11. The molecule has 0 aromatic heterocycles. The van der Waals surface area contributed by atoms with Crippen LogP contribution in [-0.4, -0.2) is 30.1 Å². The first-order valence-electron chi connectivity index (χ1n) is 7.19. The fraction of sp³-hybridized carbons (Fsp3) is 0.438. The second kappa shape index (κ2) is 8.81. The molecule has 6 heteroatoms. The lowest BCUT2D eigenvalue weighted by atomic mass is 9.98. The van der Waals surface area contributed by atoms with Crippen LogP contribution in [0.2, 0.25) is 0 Å². The fourth-order valence-electron chi connectivity index (χ4n) is 2.08. The minimum atomic E-state index is -0.864. The molecular weight excluding hydrogens is 286 g/mol. The highest BCUT2D eigenvalue weighted by atomic mass is 16.5. The highest BCUT2D eigenvalue weighted by molar-refractivity contribution is 5.93. The number of carboxylic acid groups (broad SMARTS) is 1. The van der Waals surface area contributed by atoms with Gasteiger partial charge >= 0.3 is 11.9 Å². The predicted molar refractivity (Wildman–Crippen MR) is 81.7 cm³/mol. The van der Waals surface area contributed by atoms with Crippen molar-refractivity contribution in [2.24, 2.45) is 5.92 Å². The van der Waals surface area contributed by atoms with Gasteiger partial charge in [0, 0.05) is 12.1 Å². The Balaban J connectivity index is 2.51. The highest BCUT2D eigenvalue weighted by Crippen LogP contribution is 2.15. The maximum atomic E-state index is 11.8. The van der Waals surface area contributed by atoms with Gasteiger partial charge in [-0.15, -0.1) is 0 Å². The minimum absolute atomic E-state index is 0.149. The number of rotatable bonds is 8. The number of aliphatic carboxylic acids is 1. The number of methoxy groups -OCH3 is 1. The van der Waals surface area contributed by atoms with Crippen LogP contribution in [0.15, 0.2) is 24.3 Å². The summed E-state index contributed by atoms with van der Waals surface area (Å²) in [6.45, 7) is 1.92. The molecule has 2 N–H and O–H groups in total. The normalized spacial score (nSPS) is 11.5. The second-order valence-corrected chi connectivity index (χ2v) is 4.98. The van der Waals surface area contributed by atoms with Crippen LogP contribution in [0.3, 0.4) is 0 Å². The van der Waals surface area contributed by atoms with E-state index in [1.54, 1.807) is 24.3 Å². The number of hydrogen-bond donors (Lipinski definition) is 2. The zero-order valence-electron chi connectivity index (χ0n) is 12.8. The number of ether oxygens (including phenoxy) is 1. The Hall–Kier alpha value is -2.37. The summed E-state index contributed by atoms with van der Waals surface area (Å²) in [5.41, 5.74) is 0.953. The average Bonchev–Trinajstić information content (AvgIpc) is 2.51. The molecule has 120 valence electrons. The molecule has 0 fully saturated rings. The standard InChI is InChI=1S/C16H21NO5/c1-3-4-11(15(19)20)7-10-14(18)17-13-8-5-12(6-9-13)16(21)22-2/h5-6,8-9,11H,3-4,7,10H2,1-2H3,(H,17,18)(H,19,20)/t11-/m1/s1. The molecule has 1 atom stereocenters. The molecule has 0 aliphatic carbocycles. The van der Waals surface area contributed by atoms with Crippen LogP contribution in [0.1, 0.15) is 43.0 Å². The van der Waals surface area contributed by atoms with Crippen LogP contribution < -0.4 is 5.32 Å². The van der Waals surface area contributed by atoms with Gasteiger partial charge in [-0.3, -0.25) is 9.59 Å². The van der Waals surface area contributed by atoms with Gasteiger partial charge in [-0.1, -0.05) is 13.3 Å². The second-order valence-electron chi connectivity index (χ2n) is 4.98. The summed E-state index contributed by atoms with van der Waals surface area (Å²) in [4.78, 5) is 34.1. The molecule has 0 spiro atoms. The Morgan fingerprint density at radius 3 is 2.32 bits per heavy atom. The summed E-state index contributed by atoms with van der Waals surface area (Å²) >= 11 is 0. The van der Waals surface area contributed by atoms with Gasteiger partial charge < -0.3 is 15.2 Å². The van der Waals surface area contributed by atoms with Gasteiger partial charge in [0.05, 0.1) is 18.6 Å². The molecule has 0 aliphatic heterocycles. The van der Waals surface area contributed by atoms with Crippen molar-refractivity contribution >= 4 is 23.5 Å². The van der Waals surface area contributed by atoms with Gasteiger partial charge in [0.1, 0.15) is 0 Å². The quantitative estimate of drug-likeness (QED) is 0.720. The largest absolute Gasteiger partial charge is 0.481 e. The van der Waals surface area contributed by atoms with Gasteiger partial charge in [-0.2, -0.15) is 0 Å². The van der Waals surface area contributed by atoms with Crippen LogP contribution in [0.5, 0.6) is 0 Å². The van der Waals surface area contributed by atoms with E-state index in [0.29, 0.717) is 24.1 Å². The first-order valence-corrected chi connectivity index (χ1v) is 7.19. The number of esters is 1. The van der Waals surface area contributed by atoms with E-state index in [1.807, 2.05) is 6.92 Å². The lowest BCUT2D eigenvalue weighted by Crippen LogP contribution is -2.18. The molecule has 6 nitrogen and oxygen atoms in total. The molecule has 1 aromatic carbocycles. The van der Waals surface area contributed by atoms with Crippen molar-refractivity contribution in [3.05, 3.63) is 29.8 Å². The third-order valence-corrected chi connectivity index (χ3v) is 3.30. The van der Waals surface area contributed by atoms with Crippen molar-refractivity contribution in [1.29, 1.82) is 0 Å². The van der Waals surface area contributed by atoms with Crippen LogP contribution in [0.4, 0.5) is 5.69 Å². The first kappa shape index (κ1) is 17.7. The van der Waals surface area contributed by atoms with Crippen molar-refractivity contribution in [1.82, 2.24) is 0 Å². The van der Waals surface area contributed by atoms with Gasteiger partial charge in [0.2, 0.25) is 5.91 Å². The molecule has 22 heavy (non-hydrogen) atoms. The summed E-state index contributed by atoms with van der Waals surface area (Å²) in [6, 6.07) is 6.31. The van der Waals surface area contributed by atoms with E-state index in [2.05, 4.69) is 10.1 Å². The van der Waals surface area contributed by atoms with Crippen molar-refractivity contribution in [3.8, 4) is 0 Å². The summed E-state index contributed by atoms with van der Waals surface area (Å²) in [7, 11) is 1.30. The Bertz CT molecular complexity index is 524. The monoisotopic (exact) mass is 307 g/mol. The fourth-order valence-corrected chi connectivity index (χ4v) is 2.08. The maximum Gasteiger partial charge on any atom is 0.337 e. The smallest absolute Gasteiger partial charge is 0.337 e. The average molecular weight is 307 g/mol. The van der Waals surface area contributed by atoms with Crippen molar-refractivity contribution < 1.29 is 24.2 Å². The van der Waals surface area contributed by atoms with Gasteiger partial charge in [0.15, 0.2) is 0 Å². The van der Waals surface area contributed by atoms with Crippen LogP contribution in [0, 0.1) is 5.92 Å². The number of hydrogen-bond acceptors (Lipinski definition) is 4. The van der Waals surface area contributed by atoms with Crippen LogP contribution in [0.25, 0.3) is 0 Å². The Labute approximate surface area is 129 Å². The van der Waals surface area contributed by atoms with Gasteiger partial charge in [-0.05, 0) is 37.1 Å². The number of nitrogens with one attached hydrogen (secondary N) is 1. The Morgan fingerprint density at radius 1 is 1.18 bits per heavy atom. The van der Waals surface area contributed by atoms with Crippen molar-refractivity contribution in [2.75, 3.05) is 12.4 Å². The van der Waals surface area contributed by atoms with Crippen LogP contribution >= 0.6 is 0 Å². The molecule has 0 heterocycles. The molecule has 0 radical (unpaired) electrons. The number of carbonyl (C=O) groups is 3. The predicted octanol–water partition coefficient (Wildman–Crippen LogP) is 2.69. The summed E-state index contributed by atoms with van der Waals surface area (Å²) in [5.74, 6) is -2.04. The zero-order chi connectivity index (χ0) is 16.5. The van der Waals surface area contributed by atoms with Gasteiger partial charge in [0.25, 0.3) is 0 Å². The van der Waals surface area contributed by atoms with E-state index in [-0.39, 0.29) is 12.3 Å². The number of benzene rings is 1. The summed E-state index contributed by atoms with van der Waals surface area (Å²) < 4.78 is 4.59. The first-order chi connectivity index (χ1) is 10.5. The highest BCUT2D eigenvalue weighted by Gasteiger charge is 2.17. The van der Waals surface area contributed by atoms with Crippen molar-refractivity contribution in [3.63, 3.8) is 0 Å². The molecule has 1 rings (SSSR count). The number of anilines is 1. The van der Waals surface area contributed by atoms with Crippen LogP contribution in [-0.2, 0) is 14.3 Å². The number of carbonyl (C=O) groups excluding carboxylic acids is 2. The van der Waals surface area contributed by atoms with E-state index >= 15 is 0 Å². The molecular formula is C16H21NO5. The number of amides is 1. The molecule has 0 aliphatic rings. The molecule has 0 saturated carbocycles. The number of carboxylic acids is 1. The SMILES string of the molecule is CCC[C@H](CCC(=O)Nc1ccc(C(=O)OC)cc1)C(=O)O. The zero-order valence-corrected chi connectivity index (χ0v) is 12.8. The third kappa shape index (κ3) is 5.55. The Kier molecular flexibility index (Phi) is 7.08. The van der Waals surface area contributed by atoms with E-state index in [9.17, 15) is 14.4 Å². The Morgan fingerprint density at radius 2 is 1.82 bits per heavy atom. The van der Waals surface area contributed by atoms with E-state index < -0.39 is 17.9 Å². The summed E-state index contributed by atoms with van der Waals surface area (Å²) in [6.07, 6.45) is 1.80. The van der Waals surface area contributed by atoms with E-state index in [1.165, 1.54) is 7.11 Å². The maximum absolute atomic E-state index is 11.8. The minimum Gasteiger partial charge on any atom is -0.481 e. The third-order valence-electron chi connectivity index (χ3n) is 3.30. The molecule has 0 unspecified atom stereocenters. The van der Waals surface area contributed by atoms with E-state index in [4.69, 9.17) is 5.11 Å². The summed E-state index contributed by atoms with van der Waals surface area (Å²) in [5, 5.41) is 11.7. The molecule has 1 aromatic rings. The molecule has 0 saturated heterocycles. The topological polar surface area (TPSA) is 92.7 Å². The molecule has 0 bridgehead atoms.